The van der Waals surface area contributed by atoms with Crippen LogP contribution in [0.25, 0.3) is 0 Å². The summed E-state index contributed by atoms with van der Waals surface area (Å²) in [6.45, 7) is 1.95. The van der Waals surface area contributed by atoms with Gasteiger partial charge in [0.25, 0.3) is 5.91 Å². The highest BCUT2D eigenvalue weighted by Crippen LogP contribution is 2.32. The molecule has 2 aliphatic heterocycles. The number of anilines is 2. The van der Waals surface area contributed by atoms with Crippen LogP contribution in [0.1, 0.15) is 12.0 Å². The maximum absolute atomic E-state index is 13.0. The SMILES string of the molecule is O=C1C[C@@H](N2CCN(c3cccc(C(F)(F)F)c3)CC2)C(=O)N1c1cccc(Br)c1. The number of halogens is 4. The number of hydrogen-bond donors (Lipinski definition) is 0. The first kappa shape index (κ1) is 20.9. The van der Waals surface area contributed by atoms with Crippen molar-refractivity contribution >= 4 is 39.1 Å². The number of rotatable bonds is 3. The van der Waals surface area contributed by atoms with Crippen molar-refractivity contribution in [2.45, 2.75) is 18.6 Å². The Labute approximate surface area is 180 Å². The van der Waals surface area contributed by atoms with Crippen molar-refractivity contribution in [3.63, 3.8) is 0 Å². The normalized spacial score (nSPS) is 20.9. The first-order valence-corrected chi connectivity index (χ1v) is 10.3. The fourth-order valence-corrected chi connectivity index (χ4v) is 4.35. The molecule has 0 N–H and O–H groups in total. The molecule has 5 nitrogen and oxygen atoms in total. The van der Waals surface area contributed by atoms with E-state index in [1.165, 1.54) is 11.0 Å². The fraction of sp³-hybridized carbons (Fsp3) is 0.333. The first-order chi connectivity index (χ1) is 14.2. The van der Waals surface area contributed by atoms with Gasteiger partial charge >= 0.3 is 6.18 Å². The van der Waals surface area contributed by atoms with Gasteiger partial charge in [-0.1, -0.05) is 28.1 Å². The molecule has 4 rings (SSSR count). The maximum atomic E-state index is 13.0. The molecule has 2 amide bonds. The fourth-order valence-electron chi connectivity index (χ4n) is 3.96. The van der Waals surface area contributed by atoms with E-state index in [-0.39, 0.29) is 18.2 Å². The number of amides is 2. The minimum absolute atomic E-state index is 0.106. The van der Waals surface area contributed by atoms with Gasteiger partial charge in [0.2, 0.25) is 5.91 Å². The molecule has 0 bridgehead atoms. The Morgan fingerprint density at radius 2 is 1.57 bits per heavy atom. The third-order valence-electron chi connectivity index (χ3n) is 5.48. The van der Waals surface area contributed by atoms with Crippen LogP contribution in [0.3, 0.4) is 0 Å². The van der Waals surface area contributed by atoms with Crippen molar-refractivity contribution in [3.8, 4) is 0 Å². The van der Waals surface area contributed by atoms with Crippen LogP contribution < -0.4 is 9.80 Å². The third-order valence-corrected chi connectivity index (χ3v) is 5.98. The molecule has 1 atom stereocenters. The summed E-state index contributed by atoms with van der Waals surface area (Å²) >= 11 is 3.35. The van der Waals surface area contributed by atoms with Crippen LogP contribution in [0.5, 0.6) is 0 Å². The molecule has 2 fully saturated rings. The second kappa shape index (κ2) is 8.03. The molecule has 9 heteroatoms. The number of piperazine rings is 1. The van der Waals surface area contributed by atoms with Crippen molar-refractivity contribution in [1.29, 1.82) is 0 Å². The molecular formula is C21H19BrF3N3O2. The van der Waals surface area contributed by atoms with Gasteiger partial charge in [-0.15, -0.1) is 0 Å². The second-order valence-electron chi connectivity index (χ2n) is 7.34. The number of hydrogen-bond acceptors (Lipinski definition) is 4. The molecule has 30 heavy (non-hydrogen) atoms. The van der Waals surface area contributed by atoms with Crippen molar-refractivity contribution in [1.82, 2.24) is 4.90 Å². The van der Waals surface area contributed by atoms with E-state index in [1.807, 2.05) is 15.9 Å². The number of imide groups is 1. The molecule has 0 saturated carbocycles. The largest absolute Gasteiger partial charge is 0.416 e. The summed E-state index contributed by atoms with van der Waals surface area (Å²) in [5.41, 5.74) is 0.363. The molecule has 2 heterocycles. The van der Waals surface area contributed by atoms with Crippen molar-refractivity contribution in [3.05, 3.63) is 58.6 Å². The van der Waals surface area contributed by atoms with Crippen LogP contribution >= 0.6 is 15.9 Å². The minimum atomic E-state index is -4.38. The Morgan fingerprint density at radius 3 is 2.23 bits per heavy atom. The zero-order chi connectivity index (χ0) is 21.5. The smallest absolute Gasteiger partial charge is 0.369 e. The highest BCUT2D eigenvalue weighted by Gasteiger charge is 2.43. The van der Waals surface area contributed by atoms with E-state index in [9.17, 15) is 22.8 Å². The van der Waals surface area contributed by atoms with E-state index < -0.39 is 17.8 Å². The van der Waals surface area contributed by atoms with Gasteiger partial charge in [0.1, 0.15) is 0 Å². The lowest BCUT2D eigenvalue weighted by atomic mass is 10.1. The molecule has 158 valence electrons. The number of benzene rings is 2. The molecule has 0 aromatic heterocycles. The second-order valence-corrected chi connectivity index (χ2v) is 8.25. The molecule has 2 aliphatic rings. The maximum Gasteiger partial charge on any atom is 0.416 e. The lowest BCUT2D eigenvalue weighted by Crippen LogP contribution is -2.52. The molecule has 0 aliphatic carbocycles. The Bertz CT molecular complexity index is 974. The topological polar surface area (TPSA) is 43.9 Å². The lowest BCUT2D eigenvalue weighted by molar-refractivity contribution is -0.137. The van der Waals surface area contributed by atoms with Crippen molar-refractivity contribution in [2.24, 2.45) is 0 Å². The van der Waals surface area contributed by atoms with Gasteiger partial charge in [-0.2, -0.15) is 13.2 Å². The van der Waals surface area contributed by atoms with Crippen LogP contribution in [0.2, 0.25) is 0 Å². The molecule has 2 aromatic carbocycles. The molecule has 0 spiro atoms. The zero-order valence-electron chi connectivity index (χ0n) is 15.9. The zero-order valence-corrected chi connectivity index (χ0v) is 17.5. The summed E-state index contributed by atoms with van der Waals surface area (Å²) < 4.78 is 39.7. The molecule has 2 saturated heterocycles. The summed E-state index contributed by atoms with van der Waals surface area (Å²) in [4.78, 5) is 30.5. The summed E-state index contributed by atoms with van der Waals surface area (Å²) in [7, 11) is 0. The van der Waals surface area contributed by atoms with E-state index in [0.29, 0.717) is 37.6 Å². The Balaban J connectivity index is 1.44. The summed E-state index contributed by atoms with van der Waals surface area (Å²) in [6, 6.07) is 11.7. The quantitative estimate of drug-likeness (QED) is 0.623. The van der Waals surface area contributed by atoms with E-state index in [0.717, 1.165) is 16.6 Å². The average Bonchev–Trinajstić information content (AvgIpc) is 3.01. The molecule has 2 aromatic rings. The van der Waals surface area contributed by atoms with Gasteiger partial charge in [-0.25, -0.2) is 4.90 Å². The summed E-state index contributed by atoms with van der Waals surface area (Å²) in [5, 5.41) is 0. The van der Waals surface area contributed by atoms with Gasteiger partial charge in [0.05, 0.1) is 23.7 Å². The van der Waals surface area contributed by atoms with E-state index in [2.05, 4.69) is 15.9 Å². The highest BCUT2D eigenvalue weighted by molar-refractivity contribution is 9.10. The molecule has 0 unspecified atom stereocenters. The van der Waals surface area contributed by atoms with E-state index in [4.69, 9.17) is 0 Å². The lowest BCUT2D eigenvalue weighted by Gasteiger charge is -2.38. The standard InChI is InChI=1S/C21H19BrF3N3O2/c22-15-4-2-6-17(12-15)28-19(29)13-18(20(28)30)27-9-7-26(8-10-27)16-5-1-3-14(11-16)21(23,24)25/h1-6,11-12,18H,7-10,13H2/t18-/m1/s1. The predicted molar refractivity (Wildman–Crippen MR) is 110 cm³/mol. The molecule has 0 radical (unpaired) electrons. The van der Waals surface area contributed by atoms with Gasteiger partial charge in [0, 0.05) is 36.3 Å². The van der Waals surface area contributed by atoms with Crippen molar-refractivity contribution in [2.75, 3.05) is 36.0 Å². The van der Waals surface area contributed by atoms with Crippen LogP contribution in [0, 0.1) is 0 Å². The number of carbonyl (C=O) groups is 2. The first-order valence-electron chi connectivity index (χ1n) is 9.52. The van der Waals surface area contributed by atoms with Crippen LogP contribution in [-0.4, -0.2) is 48.9 Å². The van der Waals surface area contributed by atoms with Crippen LogP contribution in [0.4, 0.5) is 24.5 Å². The predicted octanol–water partition coefficient (Wildman–Crippen LogP) is 3.92. The number of nitrogens with zero attached hydrogens (tertiary/aromatic N) is 3. The highest BCUT2D eigenvalue weighted by atomic mass is 79.9. The van der Waals surface area contributed by atoms with Gasteiger partial charge in [-0.05, 0) is 36.4 Å². The van der Waals surface area contributed by atoms with Gasteiger partial charge < -0.3 is 4.90 Å². The van der Waals surface area contributed by atoms with Crippen LogP contribution in [0.15, 0.2) is 53.0 Å². The molecular weight excluding hydrogens is 463 g/mol. The minimum Gasteiger partial charge on any atom is -0.369 e. The van der Waals surface area contributed by atoms with E-state index in [1.54, 1.807) is 24.3 Å². The average molecular weight is 482 g/mol. The Kier molecular flexibility index (Phi) is 5.59. The van der Waals surface area contributed by atoms with Crippen LogP contribution in [-0.2, 0) is 15.8 Å². The summed E-state index contributed by atoms with van der Waals surface area (Å²) in [6.07, 6.45) is -4.28. The van der Waals surface area contributed by atoms with Gasteiger partial charge in [0.15, 0.2) is 0 Å². The van der Waals surface area contributed by atoms with E-state index >= 15 is 0 Å². The monoisotopic (exact) mass is 481 g/mol. The van der Waals surface area contributed by atoms with Crippen molar-refractivity contribution < 1.29 is 22.8 Å². The Morgan fingerprint density at radius 1 is 0.900 bits per heavy atom. The number of alkyl halides is 3. The number of carbonyl (C=O) groups excluding carboxylic acids is 2. The third kappa shape index (κ3) is 4.09. The summed E-state index contributed by atoms with van der Waals surface area (Å²) in [5.74, 6) is -0.506. The Hall–Kier alpha value is -2.39. The van der Waals surface area contributed by atoms with Gasteiger partial charge in [-0.3, -0.25) is 14.5 Å².